The van der Waals surface area contributed by atoms with Crippen LogP contribution in [-0.2, 0) is 17.3 Å². The van der Waals surface area contributed by atoms with E-state index in [2.05, 4.69) is 53.7 Å². The Hall–Kier alpha value is -3.13. The van der Waals surface area contributed by atoms with Crippen LogP contribution in [0.2, 0.25) is 0 Å². The van der Waals surface area contributed by atoms with E-state index in [9.17, 15) is 9.59 Å². The first kappa shape index (κ1) is 22.6. The molecule has 3 rings (SSSR count). The van der Waals surface area contributed by atoms with Gasteiger partial charge in [0.15, 0.2) is 11.0 Å². The lowest BCUT2D eigenvalue weighted by molar-refractivity contribution is -0.119. The van der Waals surface area contributed by atoms with Crippen molar-refractivity contribution in [3.8, 4) is 11.4 Å². The highest BCUT2D eigenvalue weighted by Crippen LogP contribution is 2.28. The summed E-state index contributed by atoms with van der Waals surface area (Å²) < 4.78 is 1.85. The fourth-order valence-corrected chi connectivity index (χ4v) is 3.71. The van der Waals surface area contributed by atoms with E-state index >= 15 is 0 Å². The number of para-hydroxylation sites is 1. The summed E-state index contributed by atoms with van der Waals surface area (Å²) in [5.41, 5.74) is 2.89. The van der Waals surface area contributed by atoms with Crippen LogP contribution in [0.4, 0.5) is 10.5 Å². The van der Waals surface area contributed by atoms with E-state index in [1.807, 2.05) is 29.8 Å². The summed E-state index contributed by atoms with van der Waals surface area (Å²) in [6, 6.07) is 16.6. The van der Waals surface area contributed by atoms with Crippen molar-refractivity contribution < 1.29 is 9.59 Å². The van der Waals surface area contributed by atoms with Crippen molar-refractivity contribution in [1.29, 1.82) is 0 Å². The lowest BCUT2D eigenvalue weighted by Gasteiger charge is -2.19. The van der Waals surface area contributed by atoms with Gasteiger partial charge in [0.25, 0.3) is 0 Å². The zero-order valence-corrected chi connectivity index (χ0v) is 19.2. The summed E-state index contributed by atoms with van der Waals surface area (Å²) in [4.78, 5) is 24.5. The second kappa shape index (κ2) is 9.34. The molecular weight excluding hydrogens is 410 g/mol. The Morgan fingerprint density at radius 2 is 1.65 bits per heavy atom. The minimum absolute atomic E-state index is 0.0784. The normalized spacial score (nSPS) is 12.3. The van der Waals surface area contributed by atoms with Crippen molar-refractivity contribution in [3.05, 3.63) is 60.2 Å². The summed E-state index contributed by atoms with van der Waals surface area (Å²) in [6.07, 6.45) is 0. The number of carbonyl (C=O) groups excluding carboxylic acids is 2. The van der Waals surface area contributed by atoms with Gasteiger partial charge in [-0.1, -0.05) is 75.0 Å². The van der Waals surface area contributed by atoms with Crippen LogP contribution in [-0.4, -0.2) is 32.0 Å². The number of thioether (sulfide) groups is 1. The summed E-state index contributed by atoms with van der Waals surface area (Å²) >= 11 is 1.25. The summed E-state index contributed by atoms with van der Waals surface area (Å²) in [6.45, 7) is 8.24. The maximum Gasteiger partial charge on any atom is 0.325 e. The summed E-state index contributed by atoms with van der Waals surface area (Å²) in [5.74, 6) is 0.315. The smallest absolute Gasteiger partial charge is 0.308 e. The lowest BCUT2D eigenvalue weighted by atomic mass is 9.87. The fraction of sp³-hybridized carbons (Fsp3) is 0.304. The number of carbonyl (C=O) groups is 2. The number of nitrogens with one attached hydrogen (secondary N) is 2. The van der Waals surface area contributed by atoms with Crippen molar-refractivity contribution in [2.75, 3.05) is 5.32 Å². The second-order valence-corrected chi connectivity index (χ2v) is 9.57. The Balaban J connectivity index is 1.63. The monoisotopic (exact) mass is 437 g/mol. The highest BCUT2D eigenvalue weighted by molar-refractivity contribution is 8.00. The summed E-state index contributed by atoms with van der Waals surface area (Å²) in [7, 11) is 1.86. The molecule has 0 fully saturated rings. The molecule has 7 nitrogen and oxygen atoms in total. The van der Waals surface area contributed by atoms with Crippen molar-refractivity contribution in [1.82, 2.24) is 20.1 Å². The van der Waals surface area contributed by atoms with Crippen LogP contribution >= 0.6 is 11.8 Å². The molecule has 0 bridgehead atoms. The lowest BCUT2D eigenvalue weighted by Crippen LogP contribution is -2.38. The van der Waals surface area contributed by atoms with E-state index in [1.165, 1.54) is 17.3 Å². The first-order valence-corrected chi connectivity index (χ1v) is 10.9. The molecule has 2 N–H and O–H groups in total. The van der Waals surface area contributed by atoms with Gasteiger partial charge in [-0.15, -0.1) is 10.2 Å². The number of hydrogen-bond acceptors (Lipinski definition) is 5. The van der Waals surface area contributed by atoms with Gasteiger partial charge >= 0.3 is 6.03 Å². The van der Waals surface area contributed by atoms with Gasteiger partial charge in [0.2, 0.25) is 5.91 Å². The Bertz CT molecular complexity index is 1060. The van der Waals surface area contributed by atoms with Gasteiger partial charge in [-0.3, -0.25) is 10.1 Å². The van der Waals surface area contributed by atoms with Crippen LogP contribution < -0.4 is 10.6 Å². The van der Waals surface area contributed by atoms with E-state index in [4.69, 9.17) is 0 Å². The van der Waals surface area contributed by atoms with Crippen molar-refractivity contribution in [3.63, 3.8) is 0 Å². The minimum Gasteiger partial charge on any atom is -0.308 e. The van der Waals surface area contributed by atoms with Gasteiger partial charge in [-0.05, 0) is 30.0 Å². The first-order valence-electron chi connectivity index (χ1n) is 9.99. The third kappa shape index (κ3) is 5.73. The topological polar surface area (TPSA) is 88.9 Å². The maximum atomic E-state index is 12.4. The molecule has 0 saturated heterocycles. The Kier molecular flexibility index (Phi) is 6.80. The molecular formula is C23H27N5O2S. The zero-order valence-electron chi connectivity index (χ0n) is 18.3. The number of hydrogen-bond donors (Lipinski definition) is 2. The van der Waals surface area contributed by atoms with Gasteiger partial charge in [0, 0.05) is 18.3 Å². The Labute approximate surface area is 186 Å². The van der Waals surface area contributed by atoms with E-state index in [1.54, 1.807) is 31.2 Å². The minimum atomic E-state index is -0.568. The molecule has 2 aromatic carbocycles. The van der Waals surface area contributed by atoms with Crippen LogP contribution in [0.25, 0.3) is 11.4 Å². The second-order valence-electron chi connectivity index (χ2n) is 8.26. The molecule has 3 amide bonds. The van der Waals surface area contributed by atoms with Crippen LogP contribution in [0.1, 0.15) is 33.3 Å². The van der Waals surface area contributed by atoms with Gasteiger partial charge in [0.05, 0.1) is 5.25 Å². The number of rotatable bonds is 5. The number of amides is 3. The quantitative estimate of drug-likeness (QED) is 0.569. The zero-order chi connectivity index (χ0) is 22.6. The fourth-order valence-electron chi connectivity index (χ4n) is 2.90. The molecule has 0 aliphatic heterocycles. The number of nitrogens with zero attached hydrogens (tertiary/aromatic N) is 3. The molecule has 0 aliphatic carbocycles. The van der Waals surface area contributed by atoms with E-state index in [0.29, 0.717) is 10.8 Å². The predicted octanol–water partition coefficient (Wildman–Crippen LogP) is 4.61. The maximum absolute atomic E-state index is 12.4. The molecule has 0 spiro atoms. The molecule has 31 heavy (non-hydrogen) atoms. The van der Waals surface area contributed by atoms with Crippen LogP contribution in [0, 0.1) is 0 Å². The molecule has 0 radical (unpaired) electrons. The standard InChI is InChI=1S/C23H27N5O2S/c1-15(20(29)25-21(30)24-18-9-7-6-8-10-18)31-22-27-26-19(28(22)5)16-11-13-17(14-12-16)23(2,3)4/h6-15H,1-5H3,(H2,24,25,29,30). The number of urea groups is 1. The van der Waals surface area contributed by atoms with Crippen LogP contribution in [0.5, 0.6) is 0 Å². The molecule has 3 aromatic rings. The highest BCUT2D eigenvalue weighted by Gasteiger charge is 2.21. The number of benzene rings is 2. The third-order valence-electron chi connectivity index (χ3n) is 4.76. The first-order chi connectivity index (χ1) is 14.6. The molecule has 1 atom stereocenters. The van der Waals surface area contributed by atoms with Crippen molar-refractivity contribution >= 4 is 29.4 Å². The molecule has 1 aromatic heterocycles. The third-order valence-corrected chi connectivity index (χ3v) is 5.90. The largest absolute Gasteiger partial charge is 0.325 e. The Morgan fingerprint density at radius 1 is 1.00 bits per heavy atom. The average molecular weight is 438 g/mol. The molecule has 0 aliphatic rings. The number of aromatic nitrogens is 3. The molecule has 8 heteroatoms. The van der Waals surface area contributed by atoms with Gasteiger partial charge < -0.3 is 9.88 Å². The molecule has 162 valence electrons. The molecule has 1 unspecified atom stereocenters. The van der Waals surface area contributed by atoms with Crippen molar-refractivity contribution in [2.24, 2.45) is 7.05 Å². The van der Waals surface area contributed by atoms with E-state index in [0.717, 1.165) is 11.4 Å². The number of imide groups is 1. The van der Waals surface area contributed by atoms with Crippen LogP contribution in [0.15, 0.2) is 59.8 Å². The Morgan fingerprint density at radius 3 is 2.26 bits per heavy atom. The van der Waals surface area contributed by atoms with Gasteiger partial charge in [-0.2, -0.15) is 0 Å². The predicted molar refractivity (Wildman–Crippen MR) is 124 cm³/mol. The van der Waals surface area contributed by atoms with E-state index < -0.39 is 17.2 Å². The summed E-state index contributed by atoms with van der Waals surface area (Å²) in [5, 5.41) is 13.6. The van der Waals surface area contributed by atoms with E-state index in [-0.39, 0.29) is 5.41 Å². The molecule has 0 saturated carbocycles. The number of anilines is 1. The van der Waals surface area contributed by atoms with Crippen molar-refractivity contribution in [2.45, 2.75) is 43.5 Å². The molecule has 1 heterocycles. The van der Waals surface area contributed by atoms with Crippen LogP contribution in [0.3, 0.4) is 0 Å². The highest BCUT2D eigenvalue weighted by atomic mass is 32.2. The van der Waals surface area contributed by atoms with Gasteiger partial charge in [-0.25, -0.2) is 4.79 Å². The SMILES string of the molecule is CC(Sc1nnc(-c2ccc(C(C)(C)C)cc2)n1C)C(=O)NC(=O)Nc1ccccc1. The van der Waals surface area contributed by atoms with Gasteiger partial charge in [0.1, 0.15) is 0 Å². The average Bonchev–Trinajstić information content (AvgIpc) is 3.08.